The van der Waals surface area contributed by atoms with E-state index in [1.807, 2.05) is 0 Å². The third-order valence-electron chi connectivity index (χ3n) is 4.14. The maximum atomic E-state index is 12.1. The van der Waals surface area contributed by atoms with E-state index in [2.05, 4.69) is 0 Å². The molecule has 2 rings (SSSR count). The molecule has 142 valence electrons. The highest BCUT2D eigenvalue weighted by atomic mass is 16.6. The molecule has 1 amide bonds. The summed E-state index contributed by atoms with van der Waals surface area (Å²) in [5.41, 5.74) is -0.250. The Morgan fingerprint density at radius 3 is 2.15 bits per heavy atom. The molecule has 1 heterocycles. The van der Waals surface area contributed by atoms with Crippen molar-refractivity contribution < 1.29 is 29.3 Å². The average molecular weight is 365 g/mol. The van der Waals surface area contributed by atoms with Crippen LogP contribution in [0.4, 0.5) is 10.5 Å². The van der Waals surface area contributed by atoms with E-state index in [1.54, 1.807) is 25.7 Å². The summed E-state index contributed by atoms with van der Waals surface area (Å²) in [6.45, 7) is 6.90. The zero-order chi connectivity index (χ0) is 19.5. The largest absolute Gasteiger partial charge is 0.544 e. The molecule has 1 saturated heterocycles. The Balaban J connectivity index is 2.05. The number of ether oxygens (including phenoxy) is 1. The van der Waals surface area contributed by atoms with Gasteiger partial charge in [0.05, 0.1) is 31.1 Å². The lowest BCUT2D eigenvalue weighted by Gasteiger charge is -2.37. The minimum atomic E-state index is -1.25. The number of nitro groups is 1. The fourth-order valence-corrected chi connectivity index (χ4v) is 2.92. The summed E-state index contributed by atoms with van der Waals surface area (Å²) >= 11 is 0. The molecule has 0 spiro atoms. The number of nitrogens with zero attached hydrogens (tertiary/aromatic N) is 2. The SMILES string of the molecule is CC(C)(C)OC(=O)N1CC[NH+]([C@H](C(=O)[O-])c2ccc([N+](=O)[O-])cc2)CC1. The summed E-state index contributed by atoms with van der Waals surface area (Å²) < 4.78 is 5.33. The first-order chi connectivity index (χ1) is 12.1. The van der Waals surface area contributed by atoms with Crippen molar-refractivity contribution in [2.24, 2.45) is 0 Å². The first kappa shape index (κ1) is 19.6. The van der Waals surface area contributed by atoms with E-state index < -0.39 is 28.6 Å². The molecule has 9 nitrogen and oxygen atoms in total. The number of hydrogen-bond acceptors (Lipinski definition) is 6. The fraction of sp³-hybridized carbons (Fsp3) is 0.529. The molecule has 1 atom stereocenters. The van der Waals surface area contributed by atoms with Crippen LogP contribution in [0.1, 0.15) is 32.4 Å². The lowest BCUT2D eigenvalue weighted by atomic mass is 10.0. The molecule has 26 heavy (non-hydrogen) atoms. The first-order valence-corrected chi connectivity index (χ1v) is 8.36. The molecule has 1 aliphatic heterocycles. The van der Waals surface area contributed by atoms with E-state index in [-0.39, 0.29) is 5.69 Å². The third-order valence-corrected chi connectivity index (χ3v) is 4.14. The van der Waals surface area contributed by atoms with Crippen LogP contribution >= 0.6 is 0 Å². The van der Waals surface area contributed by atoms with Gasteiger partial charge in [-0.15, -0.1) is 0 Å². The quantitative estimate of drug-likeness (QED) is 0.569. The molecular weight excluding hydrogens is 342 g/mol. The highest BCUT2D eigenvalue weighted by molar-refractivity contribution is 5.72. The number of nitro benzene ring substituents is 1. The standard InChI is InChI=1S/C17H23N3O6/c1-17(2,3)26-16(23)19-10-8-18(9-11-19)14(15(21)22)12-4-6-13(7-5-12)20(24)25/h4-7,14H,8-11H2,1-3H3,(H,21,22)/t14-/m0/s1. The van der Waals surface area contributed by atoms with Crippen LogP contribution < -0.4 is 10.0 Å². The van der Waals surface area contributed by atoms with Crippen LogP contribution in [0.15, 0.2) is 24.3 Å². The van der Waals surface area contributed by atoms with Gasteiger partial charge in [-0.05, 0) is 32.9 Å². The summed E-state index contributed by atoms with van der Waals surface area (Å²) in [6.07, 6.45) is -0.420. The molecule has 0 unspecified atom stereocenters. The van der Waals surface area contributed by atoms with Crippen molar-refractivity contribution in [2.45, 2.75) is 32.4 Å². The molecule has 1 aliphatic rings. The highest BCUT2D eigenvalue weighted by Crippen LogP contribution is 2.16. The molecule has 1 fully saturated rings. The molecule has 9 heteroatoms. The van der Waals surface area contributed by atoms with E-state index in [1.165, 1.54) is 24.3 Å². The van der Waals surface area contributed by atoms with Crippen LogP contribution in [0.3, 0.4) is 0 Å². The topological polar surface area (TPSA) is 117 Å². The summed E-state index contributed by atoms with van der Waals surface area (Å²) in [6, 6.07) is 4.48. The number of piperazine rings is 1. The number of nitrogens with one attached hydrogen (secondary N) is 1. The van der Waals surface area contributed by atoms with Crippen molar-refractivity contribution in [1.29, 1.82) is 0 Å². The van der Waals surface area contributed by atoms with Crippen molar-refractivity contribution in [2.75, 3.05) is 26.2 Å². The molecule has 0 radical (unpaired) electrons. The van der Waals surface area contributed by atoms with E-state index >= 15 is 0 Å². The van der Waals surface area contributed by atoms with Gasteiger partial charge in [-0.3, -0.25) is 15.0 Å². The average Bonchev–Trinajstić information content (AvgIpc) is 2.54. The van der Waals surface area contributed by atoms with Crippen LogP contribution in [0.2, 0.25) is 0 Å². The Labute approximate surface area is 151 Å². The lowest BCUT2D eigenvalue weighted by molar-refractivity contribution is -0.928. The van der Waals surface area contributed by atoms with Gasteiger partial charge in [-0.2, -0.15) is 0 Å². The second-order valence-electron chi connectivity index (χ2n) is 7.23. The molecule has 0 bridgehead atoms. The Morgan fingerprint density at radius 2 is 1.73 bits per heavy atom. The Morgan fingerprint density at radius 1 is 1.19 bits per heavy atom. The number of carbonyl (C=O) groups is 2. The summed E-state index contributed by atoms with van der Waals surface area (Å²) in [4.78, 5) is 36.2. The molecular formula is C17H23N3O6. The number of benzene rings is 1. The van der Waals surface area contributed by atoms with Gasteiger partial charge < -0.3 is 19.5 Å². The van der Waals surface area contributed by atoms with Gasteiger partial charge in [0.25, 0.3) is 5.69 Å². The van der Waals surface area contributed by atoms with Crippen molar-refractivity contribution in [1.82, 2.24) is 4.90 Å². The molecule has 1 aromatic rings. The molecule has 0 saturated carbocycles. The number of quaternary nitrogens is 1. The van der Waals surface area contributed by atoms with E-state index in [0.717, 1.165) is 4.90 Å². The normalized spacial score (nSPS) is 16.8. The third kappa shape index (κ3) is 4.92. The lowest BCUT2D eigenvalue weighted by Crippen LogP contribution is -3.16. The van der Waals surface area contributed by atoms with Gasteiger partial charge in [0, 0.05) is 17.7 Å². The van der Waals surface area contributed by atoms with Crippen molar-refractivity contribution >= 4 is 17.7 Å². The van der Waals surface area contributed by atoms with Crippen LogP contribution in [0.25, 0.3) is 0 Å². The van der Waals surface area contributed by atoms with Crippen molar-refractivity contribution in [3.8, 4) is 0 Å². The van der Waals surface area contributed by atoms with Crippen LogP contribution in [-0.4, -0.2) is 53.7 Å². The predicted molar refractivity (Wildman–Crippen MR) is 89.3 cm³/mol. The smallest absolute Gasteiger partial charge is 0.410 e. The van der Waals surface area contributed by atoms with Crippen molar-refractivity contribution in [3.05, 3.63) is 39.9 Å². The zero-order valence-corrected chi connectivity index (χ0v) is 15.1. The Hall–Kier alpha value is -2.68. The monoisotopic (exact) mass is 365 g/mol. The number of rotatable bonds is 4. The minimum Gasteiger partial charge on any atom is -0.544 e. The number of amides is 1. The van der Waals surface area contributed by atoms with Crippen LogP contribution in [0, 0.1) is 10.1 Å². The van der Waals surface area contributed by atoms with E-state index in [0.29, 0.717) is 31.7 Å². The molecule has 0 aliphatic carbocycles. The molecule has 0 aromatic heterocycles. The minimum absolute atomic E-state index is 0.101. The number of carboxylic acids is 1. The number of hydrogen-bond donors (Lipinski definition) is 1. The maximum absolute atomic E-state index is 12.1. The summed E-state index contributed by atoms with van der Waals surface area (Å²) in [7, 11) is 0. The second kappa shape index (κ2) is 7.69. The number of carbonyl (C=O) groups excluding carboxylic acids is 2. The second-order valence-corrected chi connectivity index (χ2v) is 7.23. The number of carboxylic acid groups (broad SMARTS) is 1. The number of aliphatic carboxylic acids is 1. The van der Waals surface area contributed by atoms with E-state index in [4.69, 9.17) is 4.74 Å². The zero-order valence-electron chi connectivity index (χ0n) is 15.1. The molecule has 1 N–H and O–H groups in total. The Bertz CT molecular complexity index is 675. The van der Waals surface area contributed by atoms with Gasteiger partial charge in [0.1, 0.15) is 11.6 Å². The highest BCUT2D eigenvalue weighted by Gasteiger charge is 2.33. The van der Waals surface area contributed by atoms with Gasteiger partial charge >= 0.3 is 6.09 Å². The van der Waals surface area contributed by atoms with Crippen LogP contribution in [-0.2, 0) is 9.53 Å². The van der Waals surface area contributed by atoms with Gasteiger partial charge in [0.2, 0.25) is 0 Å². The summed E-state index contributed by atoms with van der Waals surface area (Å²) in [5.74, 6) is -1.25. The maximum Gasteiger partial charge on any atom is 0.410 e. The molecule has 1 aromatic carbocycles. The Kier molecular flexibility index (Phi) is 5.81. The van der Waals surface area contributed by atoms with Gasteiger partial charge in [0.15, 0.2) is 6.04 Å². The van der Waals surface area contributed by atoms with Crippen molar-refractivity contribution in [3.63, 3.8) is 0 Å². The predicted octanol–water partition coefficient (Wildman–Crippen LogP) is -0.479. The van der Waals surface area contributed by atoms with Gasteiger partial charge in [-0.1, -0.05) is 0 Å². The van der Waals surface area contributed by atoms with E-state index in [9.17, 15) is 24.8 Å². The summed E-state index contributed by atoms with van der Waals surface area (Å²) in [5, 5.41) is 22.4. The van der Waals surface area contributed by atoms with Crippen LogP contribution in [0.5, 0.6) is 0 Å². The fourth-order valence-electron chi connectivity index (χ4n) is 2.92. The first-order valence-electron chi connectivity index (χ1n) is 8.36. The number of non-ortho nitro benzene ring substituents is 1. The van der Waals surface area contributed by atoms with Gasteiger partial charge in [-0.25, -0.2) is 4.79 Å².